The maximum absolute atomic E-state index is 13.0. The van der Waals surface area contributed by atoms with Gasteiger partial charge in [-0.15, -0.1) is 0 Å². The van der Waals surface area contributed by atoms with E-state index in [1.54, 1.807) is 4.72 Å². The third-order valence-corrected chi connectivity index (χ3v) is 3.80. The average Bonchev–Trinajstić information content (AvgIpc) is 2.30. The molecule has 3 N–H and O–H groups in total. The molecule has 0 saturated carbocycles. The highest BCUT2D eigenvalue weighted by Crippen LogP contribution is 2.17. The van der Waals surface area contributed by atoms with Gasteiger partial charge in [0.05, 0.1) is 18.0 Å². The number of nitrogens with one attached hydrogen (secondary N) is 1. The molecule has 0 aliphatic rings. The van der Waals surface area contributed by atoms with Crippen molar-refractivity contribution in [2.24, 2.45) is 5.73 Å². The number of aryl methyl sites for hydroxylation is 1. The fourth-order valence-corrected chi connectivity index (χ4v) is 2.53. The van der Waals surface area contributed by atoms with Crippen molar-refractivity contribution in [3.8, 4) is 0 Å². The normalized spacial score (nSPS) is 12.7. The fourth-order valence-electron chi connectivity index (χ4n) is 1.21. The quantitative estimate of drug-likeness (QED) is 0.846. The van der Waals surface area contributed by atoms with Gasteiger partial charge in [0.25, 0.3) is 5.92 Å². The summed E-state index contributed by atoms with van der Waals surface area (Å²) in [5, 5.41) is 0. The molecule has 0 heterocycles. The van der Waals surface area contributed by atoms with E-state index in [0.29, 0.717) is 0 Å². The van der Waals surface area contributed by atoms with Crippen molar-refractivity contribution in [2.75, 3.05) is 13.1 Å². The predicted molar refractivity (Wildman–Crippen MR) is 60.3 cm³/mol. The van der Waals surface area contributed by atoms with Crippen LogP contribution in [0.15, 0.2) is 23.1 Å². The summed E-state index contributed by atoms with van der Waals surface area (Å²) in [6, 6.07) is 3.12. The minimum absolute atomic E-state index is 0.264. The summed E-state index contributed by atoms with van der Waals surface area (Å²) in [4.78, 5) is -0.365. The summed E-state index contributed by atoms with van der Waals surface area (Å²) in [6.45, 7) is -0.658. The van der Waals surface area contributed by atoms with Gasteiger partial charge in [0, 0.05) is 0 Å². The highest BCUT2D eigenvalue weighted by molar-refractivity contribution is 7.89. The van der Waals surface area contributed by atoms with Crippen LogP contribution in [0.4, 0.5) is 13.2 Å². The lowest BCUT2D eigenvalue weighted by Gasteiger charge is -2.15. The number of hydrogen-bond donors (Lipinski definition) is 2. The smallest absolute Gasteiger partial charge is 0.273 e. The molecule has 18 heavy (non-hydrogen) atoms. The van der Waals surface area contributed by atoms with Crippen molar-refractivity contribution in [3.63, 3.8) is 0 Å². The maximum Gasteiger partial charge on any atom is 0.273 e. The Morgan fingerprint density at radius 1 is 1.39 bits per heavy atom. The van der Waals surface area contributed by atoms with Crippen LogP contribution in [0.1, 0.15) is 5.56 Å². The Balaban J connectivity index is 2.97. The predicted octanol–water partition coefficient (Wildman–Crippen LogP) is 1.01. The topological polar surface area (TPSA) is 72.2 Å². The second-order valence-corrected chi connectivity index (χ2v) is 5.53. The van der Waals surface area contributed by atoms with Gasteiger partial charge in [0.1, 0.15) is 5.82 Å². The lowest BCUT2D eigenvalue weighted by atomic mass is 10.2. The summed E-state index contributed by atoms with van der Waals surface area (Å²) in [5.41, 5.74) is 5.05. The first-order chi connectivity index (χ1) is 8.18. The summed E-state index contributed by atoms with van der Waals surface area (Å²) in [7, 11) is -4.18. The number of hydrogen-bond acceptors (Lipinski definition) is 3. The highest BCUT2D eigenvalue weighted by Gasteiger charge is 2.29. The van der Waals surface area contributed by atoms with Crippen molar-refractivity contribution in [3.05, 3.63) is 29.6 Å². The molecule has 0 fully saturated rings. The van der Waals surface area contributed by atoms with Crippen LogP contribution in [0.5, 0.6) is 0 Å². The average molecular weight is 282 g/mol. The zero-order valence-electron chi connectivity index (χ0n) is 9.58. The van der Waals surface area contributed by atoms with Crippen LogP contribution in [-0.4, -0.2) is 27.4 Å². The van der Waals surface area contributed by atoms with E-state index in [1.165, 1.54) is 13.0 Å². The molecule has 0 bridgehead atoms. The lowest BCUT2D eigenvalue weighted by Crippen LogP contribution is -2.41. The van der Waals surface area contributed by atoms with E-state index in [0.717, 1.165) is 12.1 Å². The van der Waals surface area contributed by atoms with E-state index >= 15 is 0 Å². The van der Waals surface area contributed by atoms with Crippen LogP contribution < -0.4 is 10.5 Å². The molecule has 102 valence electrons. The SMILES string of the molecule is Cc1ccc(F)cc1S(=O)(=O)NCC(F)(F)CN. The van der Waals surface area contributed by atoms with Gasteiger partial charge >= 0.3 is 0 Å². The Kier molecular flexibility index (Phi) is 4.36. The van der Waals surface area contributed by atoms with Crippen LogP contribution >= 0.6 is 0 Å². The Labute approximate surface area is 103 Å². The molecule has 0 atom stereocenters. The summed E-state index contributed by atoms with van der Waals surface area (Å²) in [6.07, 6.45) is 0. The van der Waals surface area contributed by atoms with Crippen LogP contribution in [0.3, 0.4) is 0 Å². The van der Waals surface area contributed by atoms with Gasteiger partial charge in [0.15, 0.2) is 0 Å². The second-order valence-electron chi connectivity index (χ2n) is 3.79. The minimum Gasteiger partial charge on any atom is -0.325 e. The molecule has 0 amide bonds. The molecule has 0 saturated heterocycles. The monoisotopic (exact) mass is 282 g/mol. The Morgan fingerprint density at radius 3 is 2.56 bits per heavy atom. The van der Waals surface area contributed by atoms with Crippen LogP contribution in [0, 0.1) is 12.7 Å². The molecule has 1 aromatic rings. The van der Waals surface area contributed by atoms with E-state index in [9.17, 15) is 21.6 Å². The molecule has 8 heteroatoms. The van der Waals surface area contributed by atoms with Gasteiger partial charge < -0.3 is 5.73 Å². The van der Waals surface area contributed by atoms with Gasteiger partial charge in [-0.1, -0.05) is 6.07 Å². The summed E-state index contributed by atoms with van der Waals surface area (Å²) < 4.78 is 63.8. The van der Waals surface area contributed by atoms with Crippen LogP contribution in [-0.2, 0) is 10.0 Å². The molecule has 0 aliphatic carbocycles. The van der Waals surface area contributed by atoms with Crippen LogP contribution in [0.2, 0.25) is 0 Å². The largest absolute Gasteiger partial charge is 0.325 e. The van der Waals surface area contributed by atoms with E-state index in [-0.39, 0.29) is 10.5 Å². The number of sulfonamides is 1. The first kappa shape index (κ1) is 14.9. The third kappa shape index (κ3) is 3.69. The van der Waals surface area contributed by atoms with Gasteiger partial charge in [-0.3, -0.25) is 0 Å². The zero-order chi connectivity index (χ0) is 14.0. The first-order valence-corrected chi connectivity index (χ1v) is 6.50. The highest BCUT2D eigenvalue weighted by atomic mass is 32.2. The van der Waals surface area contributed by atoms with Gasteiger partial charge in [-0.05, 0) is 24.6 Å². The number of halogens is 3. The third-order valence-electron chi connectivity index (χ3n) is 2.26. The Bertz CT molecular complexity index is 532. The first-order valence-electron chi connectivity index (χ1n) is 5.02. The van der Waals surface area contributed by atoms with Crippen molar-refractivity contribution in [1.82, 2.24) is 4.72 Å². The fraction of sp³-hybridized carbons (Fsp3) is 0.400. The molecule has 0 unspecified atom stereocenters. The zero-order valence-corrected chi connectivity index (χ0v) is 10.4. The van der Waals surface area contributed by atoms with Gasteiger partial charge in [0.2, 0.25) is 10.0 Å². The molecule has 0 radical (unpaired) electrons. The van der Waals surface area contributed by atoms with Gasteiger partial charge in [-0.25, -0.2) is 26.3 Å². The summed E-state index contributed by atoms with van der Waals surface area (Å²) >= 11 is 0. The van der Waals surface area contributed by atoms with Crippen molar-refractivity contribution in [2.45, 2.75) is 17.7 Å². The lowest BCUT2D eigenvalue weighted by molar-refractivity contribution is 0.0170. The molecule has 1 rings (SSSR count). The van der Waals surface area contributed by atoms with Crippen molar-refractivity contribution < 1.29 is 21.6 Å². The number of alkyl halides is 2. The number of rotatable bonds is 5. The Hall–Kier alpha value is -1.12. The van der Waals surface area contributed by atoms with Crippen LogP contribution in [0.25, 0.3) is 0 Å². The summed E-state index contributed by atoms with van der Waals surface area (Å²) in [5.74, 6) is -4.10. The second kappa shape index (κ2) is 5.25. The van der Waals surface area contributed by atoms with E-state index in [1.807, 2.05) is 0 Å². The van der Waals surface area contributed by atoms with E-state index in [4.69, 9.17) is 5.73 Å². The van der Waals surface area contributed by atoms with E-state index < -0.39 is 34.9 Å². The molecular formula is C10H13F3N2O2S. The van der Waals surface area contributed by atoms with Crippen molar-refractivity contribution >= 4 is 10.0 Å². The Morgan fingerprint density at radius 2 is 2.00 bits per heavy atom. The van der Waals surface area contributed by atoms with Crippen molar-refractivity contribution in [1.29, 1.82) is 0 Å². The molecule has 1 aromatic carbocycles. The minimum atomic E-state index is -4.18. The molecule has 0 aromatic heterocycles. The molecular weight excluding hydrogens is 269 g/mol. The molecule has 0 aliphatic heterocycles. The number of benzene rings is 1. The molecule has 0 spiro atoms. The van der Waals surface area contributed by atoms with Gasteiger partial charge in [-0.2, -0.15) is 0 Å². The van der Waals surface area contributed by atoms with E-state index in [2.05, 4.69) is 0 Å². The standard InChI is InChI=1S/C10H13F3N2O2S/c1-7-2-3-8(11)4-9(7)18(16,17)15-6-10(12,13)5-14/h2-4,15H,5-6,14H2,1H3. The molecule has 4 nitrogen and oxygen atoms in total. The number of nitrogens with two attached hydrogens (primary N) is 1. The maximum atomic E-state index is 13.0.